The van der Waals surface area contributed by atoms with Crippen LogP contribution in [0, 0.1) is 27.7 Å². The Morgan fingerprint density at radius 2 is 1.56 bits per heavy atom. The first-order chi connectivity index (χ1) is 16.1. The maximum Gasteiger partial charge on any atom is 0.340 e. The Morgan fingerprint density at radius 1 is 0.941 bits per heavy atom. The summed E-state index contributed by atoms with van der Waals surface area (Å²) < 4.78 is 11.4. The van der Waals surface area contributed by atoms with Gasteiger partial charge in [0.1, 0.15) is 28.7 Å². The number of amides is 1. The number of aliphatic carboxylic acids is 1. The van der Waals surface area contributed by atoms with Crippen molar-refractivity contribution in [3.63, 3.8) is 0 Å². The van der Waals surface area contributed by atoms with E-state index in [1.165, 1.54) is 12.1 Å². The molecule has 2 heterocycles. The molecule has 176 valence electrons. The Bertz CT molecular complexity index is 1490. The minimum absolute atomic E-state index is 0.0307. The van der Waals surface area contributed by atoms with Gasteiger partial charge in [-0.1, -0.05) is 12.1 Å². The Labute approximate surface area is 194 Å². The first kappa shape index (κ1) is 23.1. The predicted octanol–water partition coefficient (Wildman–Crippen LogP) is 3.83. The summed E-state index contributed by atoms with van der Waals surface area (Å²) in [5.41, 5.74) is 3.54. The highest BCUT2D eigenvalue weighted by atomic mass is 16.4. The number of benzene rings is 2. The fourth-order valence-electron chi connectivity index (χ4n) is 4.17. The molecule has 0 aliphatic carbocycles. The molecule has 34 heavy (non-hydrogen) atoms. The van der Waals surface area contributed by atoms with Crippen molar-refractivity contribution >= 4 is 33.8 Å². The second kappa shape index (κ2) is 8.70. The molecule has 1 atom stereocenters. The lowest BCUT2D eigenvalue weighted by Gasteiger charge is -2.15. The molecule has 0 aliphatic rings. The molecule has 0 saturated carbocycles. The van der Waals surface area contributed by atoms with Gasteiger partial charge < -0.3 is 24.4 Å². The van der Waals surface area contributed by atoms with Crippen LogP contribution < -0.4 is 10.9 Å². The van der Waals surface area contributed by atoms with Crippen LogP contribution in [0.4, 0.5) is 0 Å². The van der Waals surface area contributed by atoms with Gasteiger partial charge in [-0.05, 0) is 62.6 Å². The molecule has 0 saturated heterocycles. The number of aryl methyl sites for hydroxylation is 4. The van der Waals surface area contributed by atoms with Crippen molar-refractivity contribution in [2.75, 3.05) is 0 Å². The highest BCUT2D eigenvalue weighted by molar-refractivity contribution is 6.00. The zero-order valence-electron chi connectivity index (χ0n) is 19.3. The second-order valence-electron chi connectivity index (χ2n) is 8.54. The van der Waals surface area contributed by atoms with E-state index in [1.54, 1.807) is 19.1 Å². The van der Waals surface area contributed by atoms with Crippen molar-refractivity contribution < 1.29 is 28.6 Å². The van der Waals surface area contributed by atoms with E-state index in [4.69, 9.17) is 8.83 Å². The van der Waals surface area contributed by atoms with Crippen molar-refractivity contribution in [1.82, 2.24) is 5.32 Å². The van der Waals surface area contributed by atoms with E-state index in [1.807, 2.05) is 26.8 Å². The van der Waals surface area contributed by atoms with Gasteiger partial charge in [0, 0.05) is 22.8 Å². The molecule has 0 spiro atoms. The summed E-state index contributed by atoms with van der Waals surface area (Å²) in [6.07, 6.45) is -0.285. The zero-order valence-corrected chi connectivity index (χ0v) is 19.3. The van der Waals surface area contributed by atoms with Crippen LogP contribution in [-0.4, -0.2) is 28.1 Å². The van der Waals surface area contributed by atoms with Crippen LogP contribution in [0.3, 0.4) is 0 Å². The first-order valence-electron chi connectivity index (χ1n) is 10.8. The van der Waals surface area contributed by atoms with Gasteiger partial charge >= 0.3 is 11.6 Å². The lowest BCUT2D eigenvalue weighted by atomic mass is 9.98. The number of rotatable bonds is 6. The smallest absolute Gasteiger partial charge is 0.340 e. The maximum atomic E-state index is 12.8. The molecular weight excluding hydrogens is 438 g/mol. The number of nitrogens with one attached hydrogen (secondary N) is 1. The molecule has 0 fully saturated rings. The van der Waals surface area contributed by atoms with Crippen LogP contribution in [0.1, 0.15) is 33.6 Å². The van der Waals surface area contributed by atoms with Gasteiger partial charge in [0.2, 0.25) is 5.91 Å². The van der Waals surface area contributed by atoms with Crippen LogP contribution >= 0.6 is 0 Å². The minimum atomic E-state index is -1.20. The number of furan rings is 1. The third kappa shape index (κ3) is 4.14. The van der Waals surface area contributed by atoms with Crippen LogP contribution in [0.2, 0.25) is 0 Å². The monoisotopic (exact) mass is 463 g/mol. The van der Waals surface area contributed by atoms with Crippen LogP contribution in [-0.2, 0) is 22.4 Å². The van der Waals surface area contributed by atoms with E-state index in [0.29, 0.717) is 33.2 Å². The fraction of sp³-hybridized carbons (Fsp3) is 0.269. The van der Waals surface area contributed by atoms with Crippen LogP contribution in [0.5, 0.6) is 5.75 Å². The van der Waals surface area contributed by atoms with Gasteiger partial charge in [0.15, 0.2) is 0 Å². The standard InChI is InChI=1S/C26H25NO7/c1-12-15(4)33-23-14(3)24-19(10-18(12)23)13(2)20(26(32)34-24)11-22(29)27-21(25(30)31)9-16-5-7-17(28)8-6-16/h5-8,10,21,28H,9,11H2,1-4H3,(H,27,29)(H,30,31). The first-order valence-corrected chi connectivity index (χ1v) is 10.8. The highest BCUT2D eigenvalue weighted by Crippen LogP contribution is 2.34. The molecule has 8 nitrogen and oxygen atoms in total. The summed E-state index contributed by atoms with van der Waals surface area (Å²) in [5, 5.41) is 23.1. The summed E-state index contributed by atoms with van der Waals surface area (Å²) in [5.74, 6) is -0.964. The number of hydrogen-bond acceptors (Lipinski definition) is 6. The molecule has 2 aromatic heterocycles. The number of phenolic OH excluding ortho intramolecular Hbond substituents is 1. The summed E-state index contributed by atoms with van der Waals surface area (Å²) >= 11 is 0. The molecule has 0 aliphatic heterocycles. The average Bonchev–Trinajstić information content (AvgIpc) is 3.07. The number of carbonyl (C=O) groups is 2. The maximum absolute atomic E-state index is 12.8. The minimum Gasteiger partial charge on any atom is -0.508 e. The van der Waals surface area contributed by atoms with E-state index in [-0.39, 0.29) is 24.2 Å². The van der Waals surface area contributed by atoms with Crippen molar-refractivity contribution in [3.05, 3.63) is 74.3 Å². The zero-order chi connectivity index (χ0) is 24.7. The summed E-state index contributed by atoms with van der Waals surface area (Å²) in [6, 6.07) is 6.77. The van der Waals surface area contributed by atoms with Crippen LogP contribution in [0.15, 0.2) is 44.0 Å². The van der Waals surface area contributed by atoms with Gasteiger partial charge in [-0.3, -0.25) is 4.79 Å². The van der Waals surface area contributed by atoms with Gasteiger partial charge in [0.25, 0.3) is 0 Å². The third-order valence-corrected chi connectivity index (χ3v) is 6.29. The van der Waals surface area contributed by atoms with Gasteiger partial charge in [0.05, 0.1) is 12.0 Å². The molecule has 0 bridgehead atoms. The topological polar surface area (TPSA) is 130 Å². The van der Waals surface area contributed by atoms with E-state index < -0.39 is 23.5 Å². The number of aromatic hydroxyl groups is 1. The quantitative estimate of drug-likeness (QED) is 0.371. The Hall–Kier alpha value is -4.07. The SMILES string of the molecule is Cc1oc2c(C)c3oc(=O)c(CC(=O)NC(Cc4ccc(O)cc4)C(=O)O)c(C)c3cc2c1C. The third-order valence-electron chi connectivity index (χ3n) is 6.29. The number of carboxylic acid groups (broad SMARTS) is 1. The van der Waals surface area contributed by atoms with E-state index in [0.717, 1.165) is 16.7 Å². The second-order valence-corrected chi connectivity index (χ2v) is 8.54. The van der Waals surface area contributed by atoms with Crippen molar-refractivity contribution in [3.8, 4) is 5.75 Å². The number of phenols is 1. The molecular formula is C26H25NO7. The largest absolute Gasteiger partial charge is 0.508 e. The molecule has 4 aromatic rings. The average molecular weight is 463 g/mol. The molecule has 2 aromatic carbocycles. The summed E-state index contributed by atoms with van der Waals surface area (Å²) in [4.78, 5) is 37.2. The van der Waals surface area contributed by atoms with E-state index in [2.05, 4.69) is 5.32 Å². The molecule has 8 heteroatoms. The van der Waals surface area contributed by atoms with Gasteiger partial charge in [-0.15, -0.1) is 0 Å². The number of carbonyl (C=O) groups excluding carboxylic acids is 1. The molecule has 3 N–H and O–H groups in total. The number of hydrogen-bond donors (Lipinski definition) is 3. The van der Waals surface area contributed by atoms with Crippen molar-refractivity contribution in [2.45, 2.75) is 46.6 Å². The predicted molar refractivity (Wildman–Crippen MR) is 126 cm³/mol. The van der Waals surface area contributed by atoms with Crippen molar-refractivity contribution in [1.29, 1.82) is 0 Å². The number of fused-ring (bicyclic) bond motifs is 2. The van der Waals surface area contributed by atoms with Gasteiger partial charge in [-0.25, -0.2) is 9.59 Å². The Kier molecular flexibility index (Phi) is 5.91. The molecule has 0 radical (unpaired) electrons. The highest BCUT2D eigenvalue weighted by Gasteiger charge is 2.24. The summed E-state index contributed by atoms with van der Waals surface area (Å²) in [7, 11) is 0. The van der Waals surface area contributed by atoms with E-state index >= 15 is 0 Å². The normalized spacial score (nSPS) is 12.2. The lowest BCUT2D eigenvalue weighted by Crippen LogP contribution is -2.43. The summed E-state index contributed by atoms with van der Waals surface area (Å²) in [6.45, 7) is 7.40. The van der Waals surface area contributed by atoms with Crippen LogP contribution in [0.25, 0.3) is 21.9 Å². The Morgan fingerprint density at radius 3 is 2.21 bits per heavy atom. The lowest BCUT2D eigenvalue weighted by molar-refractivity contribution is -0.141. The Balaban J connectivity index is 1.65. The van der Waals surface area contributed by atoms with Gasteiger partial charge in [-0.2, -0.15) is 0 Å². The molecule has 1 amide bonds. The molecule has 4 rings (SSSR count). The fourth-order valence-corrected chi connectivity index (χ4v) is 4.17. The van der Waals surface area contributed by atoms with Crippen molar-refractivity contribution in [2.24, 2.45) is 0 Å². The number of carboxylic acids is 1. The molecule has 1 unspecified atom stereocenters. The van der Waals surface area contributed by atoms with E-state index in [9.17, 15) is 24.6 Å².